The Bertz CT molecular complexity index is 745. The van der Waals surface area contributed by atoms with E-state index in [0.29, 0.717) is 0 Å². The highest BCUT2D eigenvalue weighted by atomic mass is 15.1. The zero-order valence-corrected chi connectivity index (χ0v) is 13.2. The minimum atomic E-state index is 0.835. The van der Waals surface area contributed by atoms with Gasteiger partial charge in [-0.05, 0) is 42.7 Å². The van der Waals surface area contributed by atoms with Gasteiger partial charge in [0.05, 0.1) is 0 Å². The largest absolute Gasteiger partial charge is 0.370 e. The van der Waals surface area contributed by atoms with Crippen molar-refractivity contribution in [1.29, 1.82) is 0 Å². The molecule has 0 unspecified atom stereocenters. The monoisotopic (exact) mass is 292 g/mol. The van der Waals surface area contributed by atoms with E-state index in [1.54, 1.807) is 12.5 Å². The molecule has 0 aliphatic rings. The number of hydrogen-bond acceptors (Lipinski definition) is 3. The average molecular weight is 292 g/mol. The highest BCUT2D eigenvalue weighted by molar-refractivity contribution is 5.55. The molecular weight excluding hydrogens is 272 g/mol. The van der Waals surface area contributed by atoms with Gasteiger partial charge < -0.3 is 4.90 Å². The highest BCUT2D eigenvalue weighted by Crippen LogP contribution is 2.23. The second-order valence-electron chi connectivity index (χ2n) is 5.57. The number of aromatic nitrogens is 3. The molecule has 0 atom stereocenters. The summed E-state index contributed by atoms with van der Waals surface area (Å²) in [6.45, 7) is 5.15. The minimum Gasteiger partial charge on any atom is -0.370 e. The number of benzene rings is 1. The summed E-state index contributed by atoms with van der Waals surface area (Å²) in [4.78, 5) is 10.8. The molecule has 2 aromatic heterocycles. The predicted molar refractivity (Wildman–Crippen MR) is 89.4 cm³/mol. The third kappa shape index (κ3) is 2.86. The average Bonchev–Trinajstić information content (AvgIpc) is 3.05. The molecule has 1 aromatic carbocycles. The SMILES string of the molecule is Cc1cccc(N(C)Cc2ccc(-n3ccnc3)nc2)c1C. The topological polar surface area (TPSA) is 34.0 Å². The molecule has 2 heterocycles. The molecule has 0 spiro atoms. The fourth-order valence-electron chi connectivity index (χ4n) is 2.57. The number of hydrogen-bond donors (Lipinski definition) is 0. The zero-order chi connectivity index (χ0) is 15.5. The molecule has 0 bridgehead atoms. The number of nitrogens with zero attached hydrogens (tertiary/aromatic N) is 4. The fourth-order valence-corrected chi connectivity index (χ4v) is 2.57. The maximum Gasteiger partial charge on any atom is 0.137 e. The van der Waals surface area contributed by atoms with Gasteiger partial charge in [-0.1, -0.05) is 18.2 Å². The van der Waals surface area contributed by atoms with Gasteiger partial charge >= 0.3 is 0 Å². The summed E-state index contributed by atoms with van der Waals surface area (Å²) in [5.74, 6) is 0.885. The van der Waals surface area contributed by atoms with Crippen LogP contribution in [0.15, 0.2) is 55.2 Å². The van der Waals surface area contributed by atoms with Crippen molar-refractivity contribution in [3.63, 3.8) is 0 Å². The second kappa shape index (κ2) is 6.02. The molecule has 0 saturated heterocycles. The number of aryl methyl sites for hydroxylation is 1. The number of anilines is 1. The highest BCUT2D eigenvalue weighted by Gasteiger charge is 2.07. The van der Waals surface area contributed by atoms with Gasteiger partial charge in [0.25, 0.3) is 0 Å². The lowest BCUT2D eigenvalue weighted by molar-refractivity contribution is 0.899. The Morgan fingerprint density at radius 3 is 2.68 bits per heavy atom. The summed E-state index contributed by atoms with van der Waals surface area (Å²) in [6.07, 6.45) is 7.33. The van der Waals surface area contributed by atoms with Crippen LogP contribution in [0.5, 0.6) is 0 Å². The molecule has 3 aromatic rings. The van der Waals surface area contributed by atoms with Crippen LogP contribution in [0.25, 0.3) is 5.82 Å². The van der Waals surface area contributed by atoms with Crippen molar-refractivity contribution in [3.05, 3.63) is 71.9 Å². The molecule has 0 aliphatic heterocycles. The van der Waals surface area contributed by atoms with Crippen LogP contribution >= 0.6 is 0 Å². The summed E-state index contributed by atoms with van der Waals surface area (Å²) in [6, 6.07) is 10.6. The second-order valence-corrected chi connectivity index (χ2v) is 5.57. The molecule has 22 heavy (non-hydrogen) atoms. The van der Waals surface area contributed by atoms with Crippen molar-refractivity contribution >= 4 is 5.69 Å². The maximum absolute atomic E-state index is 4.50. The van der Waals surface area contributed by atoms with Crippen LogP contribution in [0.4, 0.5) is 5.69 Å². The summed E-state index contributed by atoms with van der Waals surface area (Å²) in [5, 5.41) is 0. The quantitative estimate of drug-likeness (QED) is 0.738. The van der Waals surface area contributed by atoms with Gasteiger partial charge in [-0.15, -0.1) is 0 Å². The third-order valence-corrected chi connectivity index (χ3v) is 3.99. The van der Waals surface area contributed by atoms with E-state index < -0.39 is 0 Å². The first-order valence-electron chi connectivity index (χ1n) is 7.36. The molecule has 3 rings (SSSR count). The van der Waals surface area contributed by atoms with Crippen molar-refractivity contribution in [1.82, 2.24) is 14.5 Å². The van der Waals surface area contributed by atoms with E-state index in [9.17, 15) is 0 Å². The minimum absolute atomic E-state index is 0.835. The Labute approximate surface area is 131 Å². The van der Waals surface area contributed by atoms with Crippen molar-refractivity contribution in [2.75, 3.05) is 11.9 Å². The Kier molecular flexibility index (Phi) is 3.92. The molecule has 4 nitrogen and oxygen atoms in total. The van der Waals surface area contributed by atoms with Gasteiger partial charge in [-0.3, -0.25) is 4.57 Å². The first-order valence-corrected chi connectivity index (χ1v) is 7.36. The van der Waals surface area contributed by atoms with Gasteiger partial charge in [-0.25, -0.2) is 9.97 Å². The van der Waals surface area contributed by atoms with E-state index >= 15 is 0 Å². The van der Waals surface area contributed by atoms with Crippen LogP contribution in [0.1, 0.15) is 16.7 Å². The van der Waals surface area contributed by atoms with E-state index in [1.165, 1.54) is 22.4 Å². The Balaban J connectivity index is 1.77. The molecule has 0 aliphatic carbocycles. The molecule has 0 N–H and O–H groups in total. The van der Waals surface area contributed by atoms with Crippen LogP contribution in [0.2, 0.25) is 0 Å². The lowest BCUT2D eigenvalue weighted by atomic mass is 10.1. The van der Waals surface area contributed by atoms with Crippen LogP contribution in [-0.4, -0.2) is 21.6 Å². The summed E-state index contributed by atoms with van der Waals surface area (Å²) in [5.41, 5.74) is 5.09. The van der Waals surface area contributed by atoms with E-state index in [1.807, 2.05) is 23.0 Å². The molecule has 0 fully saturated rings. The Morgan fingerprint density at radius 1 is 1.14 bits per heavy atom. The Hall–Kier alpha value is -2.62. The van der Waals surface area contributed by atoms with Gasteiger partial charge in [0.15, 0.2) is 0 Å². The van der Waals surface area contributed by atoms with Crippen LogP contribution < -0.4 is 4.90 Å². The van der Waals surface area contributed by atoms with E-state index in [2.05, 4.69) is 60.0 Å². The van der Waals surface area contributed by atoms with Crippen LogP contribution in [-0.2, 0) is 6.54 Å². The standard InChI is InChI=1S/C18H20N4/c1-14-5-4-6-17(15(14)2)21(3)12-16-7-8-18(20-11-16)22-10-9-19-13-22/h4-11,13H,12H2,1-3H3. The fraction of sp³-hybridized carbons (Fsp3) is 0.222. The smallest absolute Gasteiger partial charge is 0.137 e. The molecule has 0 saturated carbocycles. The zero-order valence-electron chi connectivity index (χ0n) is 13.2. The maximum atomic E-state index is 4.50. The third-order valence-electron chi connectivity index (χ3n) is 3.99. The van der Waals surface area contributed by atoms with Gasteiger partial charge in [0.2, 0.25) is 0 Å². The van der Waals surface area contributed by atoms with Crippen molar-refractivity contribution in [2.45, 2.75) is 20.4 Å². The van der Waals surface area contributed by atoms with Crippen LogP contribution in [0.3, 0.4) is 0 Å². The lowest BCUT2D eigenvalue weighted by Crippen LogP contribution is -2.18. The molecule has 4 heteroatoms. The molecule has 112 valence electrons. The lowest BCUT2D eigenvalue weighted by Gasteiger charge is -2.22. The van der Waals surface area contributed by atoms with E-state index in [4.69, 9.17) is 0 Å². The van der Waals surface area contributed by atoms with E-state index in [-0.39, 0.29) is 0 Å². The molecule has 0 amide bonds. The first-order chi connectivity index (χ1) is 10.6. The summed E-state index contributed by atoms with van der Waals surface area (Å²) in [7, 11) is 2.12. The number of pyridine rings is 1. The van der Waals surface area contributed by atoms with Gasteiger partial charge in [-0.2, -0.15) is 0 Å². The number of rotatable bonds is 4. The van der Waals surface area contributed by atoms with E-state index in [0.717, 1.165) is 12.4 Å². The summed E-state index contributed by atoms with van der Waals surface area (Å²) >= 11 is 0. The molecule has 0 radical (unpaired) electrons. The van der Waals surface area contributed by atoms with Gasteiger partial charge in [0, 0.05) is 37.9 Å². The first kappa shape index (κ1) is 14.3. The van der Waals surface area contributed by atoms with Crippen LogP contribution in [0, 0.1) is 13.8 Å². The molecular formula is C18H20N4. The predicted octanol–water partition coefficient (Wildman–Crippen LogP) is 3.52. The van der Waals surface area contributed by atoms with Crippen molar-refractivity contribution in [3.8, 4) is 5.82 Å². The van der Waals surface area contributed by atoms with Crippen molar-refractivity contribution < 1.29 is 0 Å². The summed E-state index contributed by atoms with van der Waals surface area (Å²) < 4.78 is 1.90. The number of imidazole rings is 1. The Morgan fingerprint density at radius 2 is 2.00 bits per heavy atom. The van der Waals surface area contributed by atoms with Crippen molar-refractivity contribution in [2.24, 2.45) is 0 Å². The van der Waals surface area contributed by atoms with Gasteiger partial charge in [0.1, 0.15) is 12.1 Å². The normalized spacial score (nSPS) is 10.7.